The third-order valence-corrected chi connectivity index (χ3v) is 3.59. The maximum Gasteiger partial charge on any atom is 0.265 e. The van der Waals surface area contributed by atoms with Gasteiger partial charge in [0.1, 0.15) is 12.4 Å². The summed E-state index contributed by atoms with van der Waals surface area (Å²) in [6, 6.07) is 15.1. The second-order valence-electron chi connectivity index (χ2n) is 4.09. The van der Waals surface area contributed by atoms with Crippen LogP contribution in [0.1, 0.15) is 15.9 Å². The summed E-state index contributed by atoms with van der Waals surface area (Å²) in [4.78, 5) is 12.8. The van der Waals surface area contributed by atoms with Crippen molar-refractivity contribution in [2.24, 2.45) is 5.84 Å². The number of rotatable bonds is 5. The molecule has 104 valence electrons. The topological polar surface area (TPSA) is 64.3 Å². The molecule has 0 saturated carbocycles. The fraction of sp³-hybridized carbons (Fsp3) is 0.133. The molecule has 2 aromatic rings. The van der Waals surface area contributed by atoms with E-state index in [1.54, 1.807) is 23.9 Å². The van der Waals surface area contributed by atoms with Gasteiger partial charge in [-0.1, -0.05) is 18.2 Å². The van der Waals surface area contributed by atoms with E-state index in [1.165, 1.54) is 4.90 Å². The summed E-state index contributed by atoms with van der Waals surface area (Å²) < 4.78 is 5.70. The average Bonchev–Trinajstić information content (AvgIpc) is 2.53. The molecule has 0 saturated heterocycles. The fourth-order valence-electron chi connectivity index (χ4n) is 1.78. The van der Waals surface area contributed by atoms with Crippen LogP contribution in [0.4, 0.5) is 0 Å². The molecule has 20 heavy (non-hydrogen) atoms. The number of carbonyl (C=O) groups excluding carboxylic acids is 1. The van der Waals surface area contributed by atoms with E-state index in [0.29, 0.717) is 12.2 Å². The summed E-state index contributed by atoms with van der Waals surface area (Å²) in [7, 11) is 0. The number of hydrazine groups is 1. The Bertz CT molecular complexity index is 585. The van der Waals surface area contributed by atoms with Crippen LogP contribution < -0.4 is 16.0 Å². The number of carbonyl (C=O) groups is 1. The molecule has 0 heterocycles. The van der Waals surface area contributed by atoms with Crippen molar-refractivity contribution in [1.82, 2.24) is 5.43 Å². The van der Waals surface area contributed by atoms with Crippen molar-refractivity contribution in [3.63, 3.8) is 0 Å². The third kappa shape index (κ3) is 3.53. The average molecular weight is 288 g/mol. The smallest absolute Gasteiger partial charge is 0.265 e. The highest BCUT2D eigenvalue weighted by Gasteiger charge is 2.09. The molecule has 0 aromatic heterocycles. The molecule has 4 nitrogen and oxygen atoms in total. The van der Waals surface area contributed by atoms with Gasteiger partial charge in [0.2, 0.25) is 0 Å². The van der Waals surface area contributed by atoms with Gasteiger partial charge in [0.25, 0.3) is 5.91 Å². The van der Waals surface area contributed by atoms with Crippen LogP contribution in [-0.4, -0.2) is 12.2 Å². The van der Waals surface area contributed by atoms with E-state index in [0.717, 1.165) is 11.3 Å². The molecule has 1 amide bonds. The van der Waals surface area contributed by atoms with E-state index in [9.17, 15) is 4.79 Å². The van der Waals surface area contributed by atoms with Crippen LogP contribution >= 0.6 is 11.8 Å². The zero-order chi connectivity index (χ0) is 14.4. The Labute approximate surface area is 122 Å². The van der Waals surface area contributed by atoms with Gasteiger partial charge in [0.15, 0.2) is 0 Å². The van der Waals surface area contributed by atoms with Gasteiger partial charge in [-0.25, -0.2) is 5.84 Å². The van der Waals surface area contributed by atoms with E-state index in [4.69, 9.17) is 10.6 Å². The largest absolute Gasteiger partial charge is 0.489 e. The van der Waals surface area contributed by atoms with Gasteiger partial charge in [-0.3, -0.25) is 10.2 Å². The van der Waals surface area contributed by atoms with Crippen molar-refractivity contribution in [2.75, 3.05) is 6.26 Å². The first-order valence-corrected chi connectivity index (χ1v) is 7.32. The predicted octanol–water partition coefficient (Wildman–Crippen LogP) is 2.59. The van der Waals surface area contributed by atoms with Gasteiger partial charge in [-0.2, -0.15) is 0 Å². The zero-order valence-corrected chi connectivity index (χ0v) is 11.9. The van der Waals surface area contributed by atoms with E-state index in [1.807, 2.05) is 42.7 Å². The lowest BCUT2D eigenvalue weighted by molar-refractivity contribution is 0.0951. The van der Waals surface area contributed by atoms with Crippen LogP contribution in [0.25, 0.3) is 0 Å². The molecule has 5 heteroatoms. The Hall–Kier alpha value is -1.98. The molecule has 0 bridgehead atoms. The summed E-state index contributed by atoms with van der Waals surface area (Å²) in [5.41, 5.74) is 3.46. The van der Waals surface area contributed by atoms with Crippen LogP contribution in [-0.2, 0) is 6.61 Å². The fourth-order valence-corrected chi connectivity index (χ4v) is 2.19. The summed E-state index contributed by atoms with van der Waals surface area (Å²) in [6.07, 6.45) is 2.03. The number of ether oxygens (including phenoxy) is 1. The minimum Gasteiger partial charge on any atom is -0.489 e. The van der Waals surface area contributed by atoms with Crippen molar-refractivity contribution >= 4 is 17.7 Å². The van der Waals surface area contributed by atoms with Crippen molar-refractivity contribution in [1.29, 1.82) is 0 Å². The molecule has 2 aromatic carbocycles. The minimum atomic E-state index is -0.318. The van der Waals surface area contributed by atoms with E-state index >= 15 is 0 Å². The number of nitrogen functional groups attached to an aromatic ring is 1. The number of nitrogens with one attached hydrogen (secondary N) is 1. The Morgan fingerprint density at radius 3 is 2.55 bits per heavy atom. The Kier molecular flexibility index (Phi) is 5.03. The molecule has 0 aliphatic carbocycles. The SMILES string of the molecule is CSc1ccc(OCc2ccccc2C(=O)NN)cc1. The molecule has 0 unspecified atom stereocenters. The van der Waals surface area contributed by atoms with Crippen molar-refractivity contribution < 1.29 is 9.53 Å². The zero-order valence-electron chi connectivity index (χ0n) is 11.1. The Morgan fingerprint density at radius 2 is 1.90 bits per heavy atom. The van der Waals surface area contributed by atoms with Crippen LogP contribution in [0.2, 0.25) is 0 Å². The van der Waals surface area contributed by atoms with Gasteiger partial charge in [0, 0.05) is 16.0 Å². The lowest BCUT2D eigenvalue weighted by atomic mass is 10.1. The van der Waals surface area contributed by atoms with E-state index in [2.05, 4.69) is 5.43 Å². The third-order valence-electron chi connectivity index (χ3n) is 2.85. The van der Waals surface area contributed by atoms with Crippen LogP contribution in [0.3, 0.4) is 0 Å². The second-order valence-corrected chi connectivity index (χ2v) is 4.97. The van der Waals surface area contributed by atoms with Crippen molar-refractivity contribution in [3.8, 4) is 5.75 Å². The quantitative estimate of drug-likeness (QED) is 0.384. The van der Waals surface area contributed by atoms with Gasteiger partial charge in [-0.15, -0.1) is 11.8 Å². The minimum absolute atomic E-state index is 0.318. The number of hydrogen-bond acceptors (Lipinski definition) is 4. The molecule has 0 aliphatic heterocycles. The summed E-state index contributed by atoms with van der Waals surface area (Å²) in [6.45, 7) is 0.322. The predicted molar refractivity (Wildman–Crippen MR) is 80.7 cm³/mol. The number of benzene rings is 2. The normalized spacial score (nSPS) is 10.1. The molecular weight excluding hydrogens is 272 g/mol. The first-order chi connectivity index (χ1) is 9.74. The highest BCUT2D eigenvalue weighted by atomic mass is 32.2. The Balaban J connectivity index is 2.08. The molecule has 2 rings (SSSR count). The van der Waals surface area contributed by atoms with Crippen LogP contribution in [0.15, 0.2) is 53.4 Å². The Morgan fingerprint density at radius 1 is 1.20 bits per heavy atom. The lowest BCUT2D eigenvalue weighted by Gasteiger charge is -2.10. The number of thioether (sulfide) groups is 1. The first-order valence-electron chi connectivity index (χ1n) is 6.10. The maximum absolute atomic E-state index is 11.6. The van der Waals surface area contributed by atoms with E-state index < -0.39 is 0 Å². The number of nitrogens with two attached hydrogens (primary N) is 1. The molecule has 0 atom stereocenters. The monoisotopic (exact) mass is 288 g/mol. The van der Waals surface area contributed by atoms with E-state index in [-0.39, 0.29) is 5.91 Å². The summed E-state index contributed by atoms with van der Waals surface area (Å²) in [5, 5.41) is 0. The van der Waals surface area contributed by atoms with Crippen LogP contribution in [0, 0.1) is 0 Å². The second kappa shape index (κ2) is 6.98. The highest BCUT2D eigenvalue weighted by molar-refractivity contribution is 7.98. The first kappa shape index (κ1) is 14.4. The molecule has 0 radical (unpaired) electrons. The van der Waals surface area contributed by atoms with Crippen LogP contribution in [0.5, 0.6) is 5.75 Å². The van der Waals surface area contributed by atoms with Crippen molar-refractivity contribution in [3.05, 3.63) is 59.7 Å². The van der Waals surface area contributed by atoms with Gasteiger partial charge >= 0.3 is 0 Å². The molecular formula is C15H16N2O2S. The molecule has 0 aliphatic rings. The summed E-state index contributed by atoms with van der Waals surface area (Å²) in [5.74, 6) is 5.62. The van der Waals surface area contributed by atoms with Gasteiger partial charge in [-0.05, 0) is 36.6 Å². The van der Waals surface area contributed by atoms with Crippen molar-refractivity contribution in [2.45, 2.75) is 11.5 Å². The number of amides is 1. The van der Waals surface area contributed by atoms with Gasteiger partial charge in [0.05, 0.1) is 0 Å². The standard InChI is InChI=1S/C15H16N2O2S/c1-20-13-8-6-12(7-9-13)19-10-11-4-2-3-5-14(11)15(18)17-16/h2-9H,10,16H2,1H3,(H,17,18). The highest BCUT2D eigenvalue weighted by Crippen LogP contribution is 2.20. The molecule has 3 N–H and O–H groups in total. The maximum atomic E-state index is 11.6. The summed E-state index contributed by atoms with van der Waals surface area (Å²) >= 11 is 1.68. The van der Waals surface area contributed by atoms with Gasteiger partial charge < -0.3 is 4.74 Å². The number of hydrogen-bond donors (Lipinski definition) is 2. The lowest BCUT2D eigenvalue weighted by Crippen LogP contribution is -2.30. The molecule has 0 fully saturated rings. The molecule has 0 spiro atoms.